The summed E-state index contributed by atoms with van der Waals surface area (Å²) in [5.41, 5.74) is 1.74. The van der Waals surface area contributed by atoms with Gasteiger partial charge in [-0.05, 0) is 48.4 Å². The molecule has 44 heavy (non-hydrogen) atoms. The van der Waals surface area contributed by atoms with Gasteiger partial charge in [0.1, 0.15) is 30.3 Å². The van der Waals surface area contributed by atoms with Crippen molar-refractivity contribution >= 4 is 29.5 Å². The molecule has 4 amide bonds. The van der Waals surface area contributed by atoms with Crippen molar-refractivity contribution in [3.63, 3.8) is 0 Å². The van der Waals surface area contributed by atoms with Gasteiger partial charge in [-0.1, -0.05) is 18.2 Å². The van der Waals surface area contributed by atoms with Crippen LogP contribution in [0.3, 0.4) is 0 Å². The number of nitrogens with zero attached hydrogens (tertiary/aromatic N) is 1. The molecule has 0 aromatic heterocycles. The summed E-state index contributed by atoms with van der Waals surface area (Å²) in [5.74, 6) is -3.24. The molecule has 0 saturated carbocycles. The first-order chi connectivity index (χ1) is 21.3. The Hall–Kier alpha value is -5.04. The highest BCUT2D eigenvalue weighted by atomic mass is 19.2. The van der Waals surface area contributed by atoms with E-state index in [2.05, 4.69) is 10.6 Å². The van der Waals surface area contributed by atoms with Gasteiger partial charge in [-0.2, -0.15) is 4.39 Å². The smallest absolute Gasteiger partial charge is 0.411 e. The second kappa shape index (κ2) is 12.3. The van der Waals surface area contributed by atoms with Gasteiger partial charge in [0.15, 0.2) is 11.6 Å². The van der Waals surface area contributed by atoms with E-state index < -0.39 is 35.6 Å². The number of benzene rings is 3. The molecule has 3 aliphatic heterocycles. The van der Waals surface area contributed by atoms with E-state index in [0.29, 0.717) is 36.4 Å². The molecule has 3 aromatic rings. The lowest BCUT2D eigenvalue weighted by atomic mass is 10.0. The minimum Gasteiger partial charge on any atom is -0.487 e. The van der Waals surface area contributed by atoms with Crippen molar-refractivity contribution in [3.05, 3.63) is 82.9 Å². The zero-order valence-electron chi connectivity index (χ0n) is 23.3. The molecule has 228 valence electrons. The van der Waals surface area contributed by atoms with E-state index in [1.165, 1.54) is 41.3 Å². The Morgan fingerprint density at radius 2 is 1.86 bits per heavy atom. The summed E-state index contributed by atoms with van der Waals surface area (Å²) in [5, 5.41) is 4.87. The van der Waals surface area contributed by atoms with E-state index >= 15 is 0 Å². The molecule has 3 aliphatic rings. The van der Waals surface area contributed by atoms with Crippen LogP contribution in [0.25, 0.3) is 0 Å². The number of carbonyl (C=O) groups excluding carboxylic acids is 4. The topological polar surface area (TPSA) is 132 Å². The van der Waals surface area contributed by atoms with Crippen LogP contribution in [-0.2, 0) is 32.2 Å². The summed E-state index contributed by atoms with van der Waals surface area (Å²) in [6.07, 6.45) is -0.132. The maximum Gasteiger partial charge on any atom is 0.411 e. The molecule has 0 spiro atoms. The van der Waals surface area contributed by atoms with E-state index in [9.17, 15) is 28.0 Å². The minimum absolute atomic E-state index is 0.134. The summed E-state index contributed by atoms with van der Waals surface area (Å²) in [4.78, 5) is 51.8. The molecule has 2 saturated heterocycles. The summed E-state index contributed by atoms with van der Waals surface area (Å²) in [6.45, 7) is 0.783. The fraction of sp³-hybridized carbons (Fsp3) is 0.290. The number of fused-ring (bicyclic) bond motifs is 1. The summed E-state index contributed by atoms with van der Waals surface area (Å²) in [7, 11) is 0. The van der Waals surface area contributed by atoms with E-state index in [1.54, 1.807) is 12.1 Å². The van der Waals surface area contributed by atoms with Crippen molar-refractivity contribution in [3.8, 4) is 17.2 Å². The van der Waals surface area contributed by atoms with Crippen molar-refractivity contribution in [1.29, 1.82) is 0 Å². The third-order valence-electron chi connectivity index (χ3n) is 7.50. The molecule has 0 bridgehead atoms. The van der Waals surface area contributed by atoms with Crippen molar-refractivity contribution in [2.75, 3.05) is 18.5 Å². The maximum atomic E-state index is 13.9. The normalized spacial score (nSPS) is 19.4. The molecule has 0 aliphatic carbocycles. The van der Waals surface area contributed by atoms with Gasteiger partial charge >= 0.3 is 6.09 Å². The van der Waals surface area contributed by atoms with Crippen molar-refractivity contribution < 1.29 is 46.9 Å². The maximum absolute atomic E-state index is 13.9. The molecule has 3 heterocycles. The van der Waals surface area contributed by atoms with Crippen LogP contribution in [0.2, 0.25) is 0 Å². The Morgan fingerprint density at radius 3 is 2.61 bits per heavy atom. The molecule has 2 fully saturated rings. The molecule has 13 heteroatoms. The number of nitrogens with one attached hydrogen (secondary N) is 2. The van der Waals surface area contributed by atoms with Gasteiger partial charge in [-0.15, -0.1) is 0 Å². The van der Waals surface area contributed by atoms with E-state index in [4.69, 9.17) is 18.9 Å². The predicted octanol–water partition coefficient (Wildman–Crippen LogP) is 4.43. The highest BCUT2D eigenvalue weighted by molar-refractivity contribution is 6.06. The predicted molar refractivity (Wildman–Crippen MR) is 149 cm³/mol. The number of ether oxygens (including phenoxy) is 4. The first-order valence-electron chi connectivity index (χ1n) is 14.0. The molecule has 6 rings (SSSR count). The number of hydrogen-bond donors (Lipinski definition) is 2. The zero-order valence-corrected chi connectivity index (χ0v) is 23.3. The lowest BCUT2D eigenvalue weighted by Gasteiger charge is -2.29. The highest BCUT2D eigenvalue weighted by Gasteiger charge is 2.41. The van der Waals surface area contributed by atoms with Crippen LogP contribution < -0.4 is 20.1 Å². The van der Waals surface area contributed by atoms with Crippen LogP contribution in [0, 0.1) is 11.6 Å². The number of hydrogen-bond acceptors (Lipinski definition) is 8. The van der Waals surface area contributed by atoms with Crippen LogP contribution in [0.15, 0.2) is 54.6 Å². The average Bonchev–Trinajstić information content (AvgIpc) is 3.64. The fourth-order valence-corrected chi connectivity index (χ4v) is 5.28. The Labute approximate surface area is 250 Å². The number of piperidine rings is 1. The zero-order chi connectivity index (χ0) is 30.8. The summed E-state index contributed by atoms with van der Waals surface area (Å²) in [6, 6.07) is 12.2. The number of halogens is 2. The molecule has 2 atom stereocenters. The molecule has 1 unspecified atom stereocenters. The molecular formula is C31H27F2N3O8. The number of amides is 4. The number of rotatable bonds is 8. The minimum atomic E-state index is -1.11. The van der Waals surface area contributed by atoms with Gasteiger partial charge in [0.2, 0.25) is 17.6 Å². The lowest BCUT2D eigenvalue weighted by Crippen LogP contribution is -2.52. The number of carbonyl (C=O) groups is 4. The van der Waals surface area contributed by atoms with Crippen molar-refractivity contribution in [2.24, 2.45) is 0 Å². The highest BCUT2D eigenvalue weighted by Crippen LogP contribution is 2.38. The van der Waals surface area contributed by atoms with E-state index in [1.807, 2.05) is 0 Å². The Balaban J connectivity index is 1.14. The first-order valence-corrected chi connectivity index (χ1v) is 14.0. The fourth-order valence-electron chi connectivity index (χ4n) is 5.28. The van der Waals surface area contributed by atoms with Gasteiger partial charge in [0, 0.05) is 30.6 Å². The van der Waals surface area contributed by atoms with Crippen LogP contribution in [0.4, 0.5) is 19.3 Å². The summed E-state index contributed by atoms with van der Waals surface area (Å²) >= 11 is 0. The average molecular weight is 608 g/mol. The molecule has 11 nitrogen and oxygen atoms in total. The second-order valence-electron chi connectivity index (χ2n) is 10.5. The molecule has 3 aromatic carbocycles. The molecular weight excluding hydrogens is 580 g/mol. The van der Waals surface area contributed by atoms with Crippen LogP contribution >= 0.6 is 0 Å². The Kier molecular flexibility index (Phi) is 8.11. The third kappa shape index (κ3) is 6.04. The van der Waals surface area contributed by atoms with E-state index in [-0.39, 0.29) is 60.8 Å². The van der Waals surface area contributed by atoms with Gasteiger partial charge in [-0.3, -0.25) is 25.0 Å². The Morgan fingerprint density at radius 1 is 1.05 bits per heavy atom. The van der Waals surface area contributed by atoms with Gasteiger partial charge in [0.25, 0.3) is 5.91 Å². The van der Waals surface area contributed by atoms with Crippen molar-refractivity contribution in [2.45, 2.75) is 44.6 Å². The standard InChI is InChI=1S/C31H27F2N3O8/c32-22-2-1-3-24(27(22)33)43-20-8-6-19(7-9-20)34-31(40)42-15-18-5-4-17-14-36(23-10-11-25(37)35-29(23)38)30(39)26(17)28(18)44-21-12-13-41-16-21/h1-9,21,23H,10-16H2,(H,34,40)(H,35,37,38)/t21-,23?/m1/s1. The number of imide groups is 1. The SMILES string of the molecule is O=C1CCC(N2Cc3ccc(COC(=O)Nc4ccc(Oc5cccc(F)c5F)cc4)c(O[C@@H]4CCOC4)c3C2=O)C(=O)N1. The lowest BCUT2D eigenvalue weighted by molar-refractivity contribution is -0.136. The van der Waals surface area contributed by atoms with Crippen LogP contribution in [-0.4, -0.2) is 54.1 Å². The van der Waals surface area contributed by atoms with Gasteiger partial charge < -0.3 is 23.8 Å². The quantitative estimate of drug-likeness (QED) is 0.360. The van der Waals surface area contributed by atoms with Gasteiger partial charge in [-0.25, -0.2) is 9.18 Å². The second-order valence-corrected chi connectivity index (χ2v) is 10.5. The third-order valence-corrected chi connectivity index (χ3v) is 7.50. The van der Waals surface area contributed by atoms with Crippen LogP contribution in [0.5, 0.6) is 17.2 Å². The number of anilines is 1. The summed E-state index contributed by atoms with van der Waals surface area (Å²) < 4.78 is 49.8. The largest absolute Gasteiger partial charge is 0.487 e. The monoisotopic (exact) mass is 607 g/mol. The molecule has 2 N–H and O–H groups in total. The van der Waals surface area contributed by atoms with E-state index in [0.717, 1.165) is 6.07 Å². The van der Waals surface area contributed by atoms with Gasteiger partial charge in [0.05, 0.1) is 18.8 Å². The van der Waals surface area contributed by atoms with Crippen molar-refractivity contribution in [1.82, 2.24) is 10.2 Å². The van der Waals surface area contributed by atoms with Crippen LogP contribution in [0.1, 0.15) is 40.7 Å². The first kappa shape index (κ1) is 29.1. The Bertz CT molecular complexity index is 1620. The molecule has 0 radical (unpaired) electrons.